The van der Waals surface area contributed by atoms with Gasteiger partial charge in [-0.15, -0.1) is 16.4 Å². The second-order valence-electron chi connectivity index (χ2n) is 13.5. The van der Waals surface area contributed by atoms with E-state index >= 15 is 0 Å². The van der Waals surface area contributed by atoms with Crippen LogP contribution >= 0.6 is 0 Å². The minimum atomic E-state index is 0.163. The van der Waals surface area contributed by atoms with Crippen LogP contribution in [0.4, 0.5) is 0 Å². The van der Waals surface area contributed by atoms with E-state index in [4.69, 9.17) is 58.6 Å². The van der Waals surface area contributed by atoms with Crippen molar-refractivity contribution >= 4 is 110 Å². The van der Waals surface area contributed by atoms with Crippen LogP contribution in [0, 0.1) is 0 Å². The molecule has 0 saturated heterocycles. The maximum Gasteiger partial charge on any atom is 0.238 e. The molecule has 0 spiro atoms. The second-order valence-corrected chi connectivity index (χ2v) is 13.5. The zero-order chi connectivity index (χ0) is 37.4. The first kappa shape index (κ1) is 33.1. The number of para-hydroxylation sites is 2. The fraction of sp³-hybridized carbons (Fsp3) is 0. The van der Waals surface area contributed by atoms with Gasteiger partial charge in [-0.3, -0.25) is 4.57 Å². The lowest BCUT2D eigenvalue weighted by atomic mass is 9.59. The molecule has 0 aliphatic rings. The van der Waals surface area contributed by atoms with E-state index < -0.39 is 0 Å². The van der Waals surface area contributed by atoms with Crippen molar-refractivity contribution in [2.45, 2.75) is 0 Å². The summed E-state index contributed by atoms with van der Waals surface area (Å²) in [6.45, 7) is 0. The summed E-state index contributed by atoms with van der Waals surface area (Å²) in [6.07, 6.45) is 0. The molecule has 3 heterocycles. The van der Waals surface area contributed by atoms with Gasteiger partial charge in [0.05, 0.1) is 16.6 Å². The molecule has 3 aromatic heterocycles. The molecule has 0 unspecified atom stereocenters. The Morgan fingerprint density at radius 3 is 1.80 bits per heavy atom. The van der Waals surface area contributed by atoms with E-state index in [1.54, 1.807) is 0 Å². The first-order valence-electron chi connectivity index (χ1n) is 17.7. The average molecular weight is 690 g/mol. The quantitative estimate of drug-likeness (QED) is 0.224. The third-order valence-corrected chi connectivity index (χ3v) is 10.4. The van der Waals surface area contributed by atoms with Gasteiger partial charge in [0.25, 0.3) is 0 Å². The number of benzene rings is 7. The van der Waals surface area contributed by atoms with Crippen LogP contribution in [0.15, 0.2) is 144 Å². The van der Waals surface area contributed by atoms with Gasteiger partial charge in [-0.2, -0.15) is 9.97 Å². The Labute approximate surface area is 323 Å². The van der Waals surface area contributed by atoms with E-state index in [0.717, 1.165) is 66.0 Å². The maximum absolute atomic E-state index is 6.67. The normalized spacial score (nSPS) is 11.6. The number of aromatic nitrogens is 4. The lowest BCUT2D eigenvalue weighted by molar-refractivity contribution is 0.669. The lowest BCUT2D eigenvalue weighted by Gasteiger charge is -2.22. The van der Waals surface area contributed by atoms with Gasteiger partial charge in [0.2, 0.25) is 5.95 Å². The summed E-state index contributed by atoms with van der Waals surface area (Å²) >= 11 is 0. The zero-order valence-corrected chi connectivity index (χ0v) is 29.4. The summed E-state index contributed by atoms with van der Waals surface area (Å²) in [5.74, 6) is 1.39. The minimum absolute atomic E-state index is 0.163. The van der Waals surface area contributed by atoms with E-state index in [1.165, 1.54) is 0 Å². The first-order chi connectivity index (χ1) is 26.9. The second kappa shape index (κ2) is 12.8. The largest absolute Gasteiger partial charge is 0.455 e. The van der Waals surface area contributed by atoms with Crippen LogP contribution in [-0.4, -0.2) is 58.8 Å². The van der Waals surface area contributed by atoms with Gasteiger partial charge in [0, 0.05) is 27.1 Å². The van der Waals surface area contributed by atoms with Crippen LogP contribution < -0.4 is 27.3 Å². The van der Waals surface area contributed by atoms with Crippen LogP contribution in [0.2, 0.25) is 0 Å². The van der Waals surface area contributed by atoms with E-state index in [9.17, 15) is 0 Å². The van der Waals surface area contributed by atoms with Crippen LogP contribution in [0.1, 0.15) is 0 Å². The van der Waals surface area contributed by atoms with Crippen LogP contribution in [0.3, 0.4) is 0 Å². The fourth-order valence-electron chi connectivity index (χ4n) is 7.67. The molecule has 0 N–H and O–H groups in total. The molecule has 0 aliphatic heterocycles. The SMILES string of the molecule is [B]c1c([B])c([B])c(-c2cccc3c2c2ccccc2n3-c2nc(-c3ccccc3)nc(-c3cccc4c3oc3cc(-c5ccccc5)ccc34)n2)c([B])c1[B]. The predicted octanol–water partition coefficient (Wildman–Crippen LogP) is 5.51. The Hall–Kier alpha value is -6.53. The molecule has 244 valence electrons. The highest BCUT2D eigenvalue weighted by Crippen LogP contribution is 2.39. The number of hydrogen-bond donors (Lipinski definition) is 0. The summed E-state index contributed by atoms with van der Waals surface area (Å²) in [6, 6.07) is 46.5. The average Bonchev–Trinajstić information content (AvgIpc) is 3.79. The van der Waals surface area contributed by atoms with Gasteiger partial charge in [-0.25, -0.2) is 4.98 Å². The Morgan fingerprint density at radius 1 is 0.436 bits per heavy atom. The Kier molecular flexibility index (Phi) is 7.70. The highest BCUT2D eigenvalue weighted by Gasteiger charge is 2.23. The van der Waals surface area contributed by atoms with E-state index in [0.29, 0.717) is 28.7 Å². The number of furan rings is 1. The van der Waals surface area contributed by atoms with Gasteiger partial charge in [0.1, 0.15) is 50.4 Å². The van der Waals surface area contributed by atoms with Crippen molar-refractivity contribution in [2.75, 3.05) is 0 Å². The summed E-state index contributed by atoms with van der Waals surface area (Å²) in [5.41, 5.74) is 9.24. The molecule has 10 rings (SSSR count). The Morgan fingerprint density at radius 2 is 1.04 bits per heavy atom. The number of rotatable bonds is 5. The van der Waals surface area contributed by atoms with Gasteiger partial charge < -0.3 is 4.42 Å². The summed E-state index contributed by atoms with van der Waals surface area (Å²) in [5, 5.41) is 3.77. The third-order valence-electron chi connectivity index (χ3n) is 10.4. The van der Waals surface area contributed by atoms with Crippen molar-refractivity contribution in [3.8, 4) is 51.0 Å². The van der Waals surface area contributed by atoms with E-state index in [-0.39, 0.29) is 27.3 Å². The Balaban J connectivity index is 1.24. The van der Waals surface area contributed by atoms with Crippen molar-refractivity contribution in [3.05, 3.63) is 140 Å². The Bertz CT molecular complexity index is 3130. The molecule has 0 atom stereocenters. The first-order valence-corrected chi connectivity index (χ1v) is 17.7. The molecule has 0 amide bonds. The van der Waals surface area contributed by atoms with Crippen LogP contribution in [-0.2, 0) is 0 Å². The van der Waals surface area contributed by atoms with Crippen molar-refractivity contribution in [1.29, 1.82) is 0 Å². The zero-order valence-electron chi connectivity index (χ0n) is 29.4. The van der Waals surface area contributed by atoms with Gasteiger partial charge in [-0.1, -0.05) is 120 Å². The smallest absolute Gasteiger partial charge is 0.238 e. The number of fused-ring (bicyclic) bond motifs is 6. The molecule has 0 saturated carbocycles. The highest BCUT2D eigenvalue weighted by atomic mass is 16.3. The molecular weight excluding hydrogens is 667 g/mol. The summed E-state index contributed by atoms with van der Waals surface area (Å²) in [7, 11) is 32.2. The minimum Gasteiger partial charge on any atom is -0.455 e. The van der Waals surface area contributed by atoms with E-state index in [2.05, 4.69) is 36.4 Å². The molecule has 7 aromatic carbocycles. The topological polar surface area (TPSA) is 56.7 Å². The van der Waals surface area contributed by atoms with Crippen molar-refractivity contribution in [1.82, 2.24) is 19.5 Å². The van der Waals surface area contributed by atoms with Gasteiger partial charge >= 0.3 is 0 Å². The number of nitrogens with zero attached hydrogens (tertiary/aromatic N) is 4. The van der Waals surface area contributed by atoms with E-state index in [1.807, 2.05) is 108 Å². The van der Waals surface area contributed by atoms with Gasteiger partial charge in [0.15, 0.2) is 11.6 Å². The maximum atomic E-state index is 6.67. The van der Waals surface area contributed by atoms with Crippen LogP contribution in [0.5, 0.6) is 0 Å². The molecule has 0 bridgehead atoms. The molecular formula is C45H23B5N4O. The van der Waals surface area contributed by atoms with Crippen molar-refractivity contribution in [2.24, 2.45) is 0 Å². The molecule has 0 aliphatic carbocycles. The fourth-order valence-corrected chi connectivity index (χ4v) is 7.67. The molecule has 55 heavy (non-hydrogen) atoms. The summed E-state index contributed by atoms with van der Waals surface area (Å²) in [4.78, 5) is 15.4. The lowest BCUT2D eigenvalue weighted by Crippen LogP contribution is -2.55. The molecule has 5 nitrogen and oxygen atoms in total. The molecule has 10 radical (unpaired) electrons. The third kappa shape index (κ3) is 5.19. The number of hydrogen-bond acceptors (Lipinski definition) is 4. The highest BCUT2D eigenvalue weighted by molar-refractivity contribution is 6.69. The standard InChI is InChI=1S/C45H23B5N4O/c46-37-36(38(47)40(49)41(50)39(37)48)30-17-10-20-33-35(30)29-15-7-8-19-32(29)54(33)45-52-43(25-13-5-2-6-14-25)51-44(53-45)31-18-9-16-28-27-22-21-26(23-34(27)55-42(28)31)24-11-3-1-4-12-24/h1-23H. The summed E-state index contributed by atoms with van der Waals surface area (Å²) < 4.78 is 8.71. The van der Waals surface area contributed by atoms with Crippen molar-refractivity contribution in [3.63, 3.8) is 0 Å². The monoisotopic (exact) mass is 690 g/mol. The molecule has 10 heteroatoms. The molecule has 0 fully saturated rings. The van der Waals surface area contributed by atoms with Crippen LogP contribution in [0.25, 0.3) is 94.7 Å². The molecule has 10 aromatic rings. The predicted molar refractivity (Wildman–Crippen MR) is 230 cm³/mol. The van der Waals surface area contributed by atoms with Crippen molar-refractivity contribution < 1.29 is 4.42 Å². The van der Waals surface area contributed by atoms with Gasteiger partial charge in [-0.05, 0) is 52.6 Å².